The second kappa shape index (κ2) is 57.2. The maximum Gasteiger partial charge on any atom is 0.270 e. The summed E-state index contributed by atoms with van der Waals surface area (Å²) in [5.74, 6) is 9.57. The van der Waals surface area contributed by atoms with Crippen LogP contribution in [0.4, 0.5) is 28.4 Å². The molecule has 0 bridgehead atoms. The van der Waals surface area contributed by atoms with Crippen molar-refractivity contribution >= 4 is 222 Å². The predicted molar refractivity (Wildman–Crippen MR) is 561 cm³/mol. The molecule has 0 amide bonds. The minimum Gasteiger partial charge on any atom is -0.412 e. The number of hydrazine groups is 1. The van der Waals surface area contributed by atoms with E-state index >= 15 is 0 Å². The van der Waals surface area contributed by atoms with Crippen molar-refractivity contribution in [1.82, 2.24) is 49.8 Å². The van der Waals surface area contributed by atoms with Gasteiger partial charge in [0.15, 0.2) is 0 Å². The lowest BCUT2D eigenvalue weighted by Crippen LogP contribution is -2.29. The number of ketones is 1. The molecule has 35 heteroatoms. The lowest BCUT2D eigenvalue weighted by molar-refractivity contribution is -0.384. The van der Waals surface area contributed by atoms with Crippen LogP contribution in [0.3, 0.4) is 0 Å². The van der Waals surface area contributed by atoms with Crippen LogP contribution >= 0.6 is 94.6 Å². The zero-order valence-electron chi connectivity index (χ0n) is 74.3. The molecule has 5 aliphatic rings. The van der Waals surface area contributed by atoms with Crippen molar-refractivity contribution in [2.24, 2.45) is 33.1 Å². The third kappa shape index (κ3) is 31.6. The number of aliphatic hydroxyl groups is 2. The Morgan fingerprint density at radius 2 is 0.860 bits per heavy atom. The highest BCUT2D eigenvalue weighted by Gasteiger charge is 2.22. The van der Waals surface area contributed by atoms with Crippen molar-refractivity contribution in [3.63, 3.8) is 0 Å². The second-order valence-corrected chi connectivity index (χ2v) is 33.1. The molecular formula is C94H125Cl2IN20O8S4. The average Bonchev–Trinajstić information content (AvgIpc) is 1.67. The molecule has 28 nitrogen and oxygen atoms in total. The van der Waals surface area contributed by atoms with Crippen LogP contribution < -0.4 is 34.2 Å². The molecule has 129 heavy (non-hydrogen) atoms. The summed E-state index contributed by atoms with van der Waals surface area (Å²) in [6.07, 6.45) is 29.2. The van der Waals surface area contributed by atoms with Gasteiger partial charge in [0.1, 0.15) is 22.5 Å². The quantitative estimate of drug-likeness (QED) is 0.00812. The molecule has 13 aromatic rings. The minimum atomic E-state index is -0.396. The number of nitrogens with zero attached hydrogens (tertiary/aromatic N) is 8. The number of amidine groups is 2. The van der Waals surface area contributed by atoms with Gasteiger partial charge in [-0.3, -0.25) is 61.7 Å². The van der Waals surface area contributed by atoms with Crippen LogP contribution in [-0.2, 0) is 4.79 Å². The van der Waals surface area contributed by atoms with E-state index in [4.69, 9.17) is 32.8 Å². The van der Waals surface area contributed by atoms with Crippen molar-refractivity contribution in [3.8, 4) is 0 Å². The number of anilines is 1. The molecule has 0 atom stereocenters. The van der Waals surface area contributed by atoms with E-state index in [-0.39, 0.29) is 77.2 Å². The van der Waals surface area contributed by atoms with Crippen LogP contribution in [0.5, 0.6) is 0 Å². The second-order valence-electron chi connectivity index (χ2n) is 29.4. The number of carbonyl (C=O) groups is 1. The zero-order valence-corrected chi connectivity index (χ0v) is 81.5. The molecule has 0 spiro atoms. The fourth-order valence-electron chi connectivity index (χ4n) is 14.9. The minimum absolute atomic E-state index is 0. The molecular weight excluding hydrogens is 1860 g/mol. The van der Waals surface area contributed by atoms with Gasteiger partial charge in [-0.15, -0.1) is 94.6 Å². The van der Waals surface area contributed by atoms with E-state index in [1.807, 2.05) is 96.3 Å². The zero-order chi connectivity index (χ0) is 89.7. The normalized spacial score (nSPS) is 14.7. The number of nitro benzene ring substituents is 2. The van der Waals surface area contributed by atoms with Crippen molar-refractivity contribution in [3.05, 3.63) is 262 Å². The highest BCUT2D eigenvalue weighted by molar-refractivity contribution is 14.0. The van der Waals surface area contributed by atoms with Gasteiger partial charge in [0.05, 0.1) is 35.9 Å². The van der Waals surface area contributed by atoms with Gasteiger partial charge < -0.3 is 63.1 Å². The van der Waals surface area contributed by atoms with E-state index in [2.05, 4.69) is 178 Å². The summed E-state index contributed by atoms with van der Waals surface area (Å²) in [7, 11) is 2.96. The lowest BCUT2D eigenvalue weighted by atomic mass is 9.95. The molecule has 5 aromatic carbocycles. The summed E-state index contributed by atoms with van der Waals surface area (Å²) < 4.78 is 0. The fourth-order valence-corrected chi connectivity index (χ4v) is 17.4. The predicted octanol–water partition coefficient (Wildman–Crippen LogP) is 19.1. The number of H-pyrrole nitrogens is 5. The number of aromatic nitrogens is 5. The van der Waals surface area contributed by atoms with Gasteiger partial charge in [-0.05, 0) is 214 Å². The van der Waals surface area contributed by atoms with Crippen LogP contribution in [0, 0.1) is 25.6 Å². The Bertz CT molecular complexity index is 5640. The number of hydrogen-bond acceptors (Lipinski definition) is 22. The number of hydrogen-bond donors (Lipinski definition) is 14. The van der Waals surface area contributed by atoms with Gasteiger partial charge in [-0.1, -0.05) is 70.2 Å². The van der Waals surface area contributed by atoms with Crippen LogP contribution in [0.25, 0.3) is 76.8 Å². The first-order valence-electron chi connectivity index (χ1n) is 42.0. The number of thioether (sulfide) groups is 1. The number of aliphatic hydroxyl groups excluding tert-OH is 2. The molecule has 1 saturated carbocycles. The number of Topliss-reactive ketones (excluding diaryl/α,β-unsaturated/α-hetero) is 1. The molecule has 21 N–H and O–H groups in total. The van der Waals surface area contributed by atoms with Gasteiger partial charge in [-0.25, -0.2) is 9.98 Å². The van der Waals surface area contributed by atoms with Gasteiger partial charge in [0.2, 0.25) is 0 Å². The summed E-state index contributed by atoms with van der Waals surface area (Å²) in [4.78, 5) is 69.5. The van der Waals surface area contributed by atoms with Crippen molar-refractivity contribution < 1.29 is 30.3 Å². The van der Waals surface area contributed by atoms with E-state index in [1.165, 1.54) is 79.0 Å². The summed E-state index contributed by atoms with van der Waals surface area (Å²) >= 11 is 6.30. The van der Waals surface area contributed by atoms with Crippen LogP contribution in [0.15, 0.2) is 215 Å². The number of aliphatic imine (C=N–C) groups is 2. The standard InChI is InChI=1S/2C20H22N4S.C15H17N3O2.C15H19N3.C8H6N2O2.C7H13NO.C6H7NS2.C2H6O.CH4O.2ClH.HI.H4N2.H2O/c2*1-2-24-9-7-14(8-10-24)17-13-22-18-6-5-15(12-16(17)18)23-20(21)19-4-3-11-25-19;1-2-17-7-5-11(6-8-17)14-10-16-15-4-3-12(18(19)20)9-13(14)15;1-2-18-7-5-11(6-8-18)14-10-17-15-4-3-12(16)9-13(14)15;11-10(12)7-1-2-8-6(5-7)3-4-9-8;1-8-6-2-4-7(9)5-3-6;1-8-6(7)5-3-2-4-9-5;1-2-3;1-2;;;;1-2;/h2*3-7,11-13,22H,2,8-10H2,1H3,(H2,21,23);3-5,9-10,16H,2,6-8H2,1H3;3-5,9-10,17H,2,6-8,16H2,1H3;1-5,9H;6,8H,2-5H2,1H3;2-4,7H,1H3;3H,2H2,1H3;2H,1H3;3*1H;1-2H2;1H2. The summed E-state index contributed by atoms with van der Waals surface area (Å²) in [5.41, 5.74) is 36.9. The molecule has 0 unspecified atom stereocenters. The third-order valence-corrected chi connectivity index (χ3v) is 25.4. The number of nitrogen functional groups attached to an aromatic ring is 1. The first kappa shape index (κ1) is 110. The number of thiophene rings is 3. The largest absolute Gasteiger partial charge is 0.412 e. The van der Waals surface area contributed by atoms with Gasteiger partial charge in [-0.2, -0.15) is 0 Å². The summed E-state index contributed by atoms with van der Waals surface area (Å²) in [6, 6.07) is 42.5. The van der Waals surface area contributed by atoms with Crippen LogP contribution in [-0.4, -0.2) is 204 Å². The van der Waals surface area contributed by atoms with E-state index < -0.39 is 4.92 Å². The van der Waals surface area contributed by atoms with Crippen molar-refractivity contribution in [2.75, 3.05) is 111 Å². The van der Waals surface area contributed by atoms with Crippen LogP contribution in [0.2, 0.25) is 0 Å². The number of non-ortho nitro benzene ring substituents is 2. The van der Waals surface area contributed by atoms with Gasteiger partial charge in [0.25, 0.3) is 11.4 Å². The third-order valence-electron chi connectivity index (χ3n) is 22.0. The number of halogens is 3. The van der Waals surface area contributed by atoms with Crippen molar-refractivity contribution in [1.29, 1.82) is 5.41 Å². The number of rotatable bonds is 16. The van der Waals surface area contributed by atoms with E-state index in [9.17, 15) is 25.0 Å². The Kier molecular flexibility index (Phi) is 48.6. The number of nitrogens with two attached hydrogens (primary N) is 5. The Hall–Kier alpha value is -10.0. The molecule has 0 saturated heterocycles. The maximum absolute atomic E-state index is 10.9. The monoisotopic (exact) mass is 1990 g/mol. The van der Waals surface area contributed by atoms with Crippen molar-refractivity contribution in [2.45, 2.75) is 92.0 Å². The first-order chi connectivity index (χ1) is 60.8. The summed E-state index contributed by atoms with van der Waals surface area (Å²) in [6.45, 7) is 23.7. The Balaban J connectivity index is 0.000000269. The lowest BCUT2D eigenvalue weighted by Gasteiger charge is -2.24. The molecule has 8 aromatic heterocycles. The molecule has 1 fully saturated rings. The topological polar surface area (TPSA) is 458 Å². The Morgan fingerprint density at radius 1 is 0.519 bits per heavy atom. The van der Waals surface area contributed by atoms with E-state index in [0.717, 1.165) is 213 Å². The molecule has 12 heterocycles. The van der Waals surface area contributed by atoms with Gasteiger partial charge in [0, 0.05) is 223 Å². The molecule has 18 rings (SSSR count). The fraction of sp³-hybridized carbons (Fsp3) is 0.319. The number of likely N-dealkylation sites (N-methyl/N-ethyl adjacent to an activating group) is 4. The number of carbonyl (C=O) groups excluding carboxylic acids is 1. The highest BCUT2D eigenvalue weighted by atomic mass is 127. The van der Waals surface area contributed by atoms with Gasteiger partial charge >= 0.3 is 0 Å². The molecule has 694 valence electrons. The number of aromatic amines is 5. The number of fused-ring (bicyclic) bond motifs is 5. The Labute approximate surface area is 800 Å². The molecule has 0 radical (unpaired) electrons. The number of benzene rings is 5. The summed E-state index contributed by atoms with van der Waals surface area (Å²) in [5, 5.41) is 58.5. The SMILES string of the molecule is CCN1CC=C(c2c[nH]c3ccc(N)cc23)CC1.CCN1CC=C(c2c[nH]c3ccc(N=C(N)c4cccs4)cc23)CC1.CCN1CC=C(c2c[nH]c3ccc(N=C(N)c4cccs4)cc23)CC1.CCN1CC=C(c2c[nH]c3ccc([N+](=O)[O-])cc23)CC1.CCO.CNC1CCC(=O)CC1.CO.CSC(=N)c1cccs1.Cl.Cl.I.NN.O.O=[N+]([O-])c1ccc2[nH]ccc2c1. The Morgan fingerprint density at radius 3 is 1.19 bits per heavy atom. The smallest absolute Gasteiger partial charge is 0.270 e. The number of nitrogens with one attached hydrogen (secondary N) is 7. The maximum atomic E-state index is 10.9. The average molecular weight is 1990 g/mol. The van der Waals surface area contributed by atoms with E-state index in [0.29, 0.717) is 28.5 Å². The molecule has 1 aliphatic carbocycles. The first-order valence-corrected chi connectivity index (χ1v) is 45.9. The van der Waals surface area contributed by atoms with E-state index in [1.54, 1.807) is 71.4 Å². The number of nitro groups is 2. The molecule has 4 aliphatic heterocycles. The highest BCUT2D eigenvalue weighted by Crippen LogP contribution is 2.37. The van der Waals surface area contributed by atoms with Crippen LogP contribution in [0.1, 0.15) is 123 Å².